The second kappa shape index (κ2) is 4.65. The Bertz CT molecular complexity index is 743. The standard InChI is InChI=1S/C18H16FNO2/c19-13-7-5-11(6-8-13)16-18(10-15(21)20-16)9-12-3-1-2-4-14(12)17(18)22/h1-8,16-17,22H,9-10H2,(H,20,21)/t16-,17+,18-/m0/s1. The number of nitrogens with one attached hydrogen (secondary N) is 1. The fourth-order valence-corrected chi connectivity index (χ4v) is 3.97. The van der Waals surface area contributed by atoms with Crippen molar-refractivity contribution in [3.05, 3.63) is 71.0 Å². The number of hydrogen-bond acceptors (Lipinski definition) is 2. The largest absolute Gasteiger partial charge is 0.388 e. The molecule has 4 heteroatoms. The quantitative estimate of drug-likeness (QED) is 0.850. The molecule has 0 saturated carbocycles. The van der Waals surface area contributed by atoms with Gasteiger partial charge in [0.15, 0.2) is 0 Å². The molecule has 1 fully saturated rings. The van der Waals surface area contributed by atoms with Crippen molar-refractivity contribution in [3.8, 4) is 0 Å². The highest BCUT2D eigenvalue weighted by atomic mass is 19.1. The van der Waals surface area contributed by atoms with E-state index < -0.39 is 11.5 Å². The van der Waals surface area contributed by atoms with Gasteiger partial charge in [-0.15, -0.1) is 0 Å². The van der Waals surface area contributed by atoms with Crippen LogP contribution in [0.25, 0.3) is 0 Å². The lowest BCUT2D eigenvalue weighted by Gasteiger charge is -2.33. The van der Waals surface area contributed by atoms with Gasteiger partial charge in [0.1, 0.15) is 5.82 Å². The van der Waals surface area contributed by atoms with Crippen LogP contribution in [0, 0.1) is 11.2 Å². The summed E-state index contributed by atoms with van der Waals surface area (Å²) in [6.07, 6.45) is 0.230. The van der Waals surface area contributed by atoms with Gasteiger partial charge >= 0.3 is 0 Å². The van der Waals surface area contributed by atoms with Crippen LogP contribution in [-0.2, 0) is 11.2 Å². The molecule has 3 nitrogen and oxygen atoms in total. The van der Waals surface area contributed by atoms with Crippen LogP contribution < -0.4 is 5.32 Å². The Labute approximate surface area is 127 Å². The van der Waals surface area contributed by atoms with Crippen molar-refractivity contribution in [2.24, 2.45) is 5.41 Å². The first-order chi connectivity index (χ1) is 10.6. The fraction of sp³-hybridized carbons (Fsp3) is 0.278. The van der Waals surface area contributed by atoms with Crippen LogP contribution in [0.1, 0.15) is 35.3 Å². The first-order valence-corrected chi connectivity index (χ1v) is 7.41. The van der Waals surface area contributed by atoms with E-state index in [4.69, 9.17) is 0 Å². The Morgan fingerprint density at radius 3 is 2.55 bits per heavy atom. The number of aliphatic hydroxyl groups excluding tert-OH is 1. The van der Waals surface area contributed by atoms with E-state index in [0.717, 1.165) is 16.7 Å². The van der Waals surface area contributed by atoms with Crippen LogP contribution in [0.3, 0.4) is 0 Å². The Hall–Kier alpha value is -2.20. The van der Waals surface area contributed by atoms with Crippen LogP contribution in [0.4, 0.5) is 4.39 Å². The molecule has 1 saturated heterocycles. The summed E-state index contributed by atoms with van der Waals surface area (Å²) in [6.45, 7) is 0. The van der Waals surface area contributed by atoms with Crippen LogP contribution >= 0.6 is 0 Å². The van der Waals surface area contributed by atoms with E-state index >= 15 is 0 Å². The van der Waals surface area contributed by atoms with Crippen LogP contribution in [0.15, 0.2) is 48.5 Å². The Morgan fingerprint density at radius 1 is 1.09 bits per heavy atom. The third-order valence-corrected chi connectivity index (χ3v) is 4.99. The highest BCUT2D eigenvalue weighted by Gasteiger charge is 2.56. The first kappa shape index (κ1) is 13.5. The maximum atomic E-state index is 13.2. The summed E-state index contributed by atoms with van der Waals surface area (Å²) in [5.74, 6) is -0.376. The zero-order valence-corrected chi connectivity index (χ0v) is 11.9. The molecule has 0 aromatic heterocycles. The maximum absolute atomic E-state index is 13.2. The summed E-state index contributed by atoms with van der Waals surface area (Å²) in [5.41, 5.74) is 2.22. The summed E-state index contributed by atoms with van der Waals surface area (Å²) in [6, 6.07) is 13.6. The van der Waals surface area contributed by atoms with Crippen LogP contribution in [0.5, 0.6) is 0 Å². The predicted molar refractivity (Wildman–Crippen MR) is 79.4 cm³/mol. The zero-order valence-electron chi connectivity index (χ0n) is 11.9. The molecule has 1 aliphatic heterocycles. The minimum absolute atomic E-state index is 0.0684. The molecular weight excluding hydrogens is 281 g/mol. The van der Waals surface area contributed by atoms with E-state index in [1.54, 1.807) is 12.1 Å². The van der Waals surface area contributed by atoms with Gasteiger partial charge in [-0.2, -0.15) is 0 Å². The lowest BCUT2D eigenvalue weighted by molar-refractivity contribution is -0.120. The molecule has 2 aromatic carbocycles. The molecule has 3 atom stereocenters. The minimum atomic E-state index is -0.697. The Kier molecular flexibility index (Phi) is 2.84. The summed E-state index contributed by atoms with van der Waals surface area (Å²) < 4.78 is 13.2. The van der Waals surface area contributed by atoms with Crippen molar-refractivity contribution in [3.63, 3.8) is 0 Å². The number of aliphatic hydroxyl groups is 1. The fourth-order valence-electron chi connectivity index (χ4n) is 3.97. The molecule has 1 heterocycles. The normalized spacial score (nSPS) is 29.6. The van der Waals surface area contributed by atoms with Gasteiger partial charge < -0.3 is 10.4 Å². The first-order valence-electron chi connectivity index (χ1n) is 7.41. The molecule has 1 aliphatic carbocycles. The predicted octanol–water partition coefficient (Wildman–Crippen LogP) is 2.66. The molecule has 0 radical (unpaired) electrons. The molecule has 0 unspecified atom stereocenters. The second-order valence-electron chi connectivity index (χ2n) is 6.24. The molecule has 0 bridgehead atoms. The monoisotopic (exact) mass is 297 g/mol. The summed E-state index contributed by atoms with van der Waals surface area (Å²) in [5, 5.41) is 13.8. The lowest BCUT2D eigenvalue weighted by Crippen LogP contribution is -2.33. The van der Waals surface area contributed by atoms with Gasteiger partial charge in [-0.3, -0.25) is 4.79 Å². The molecular formula is C18H16FNO2. The van der Waals surface area contributed by atoms with Gasteiger partial charge in [0.25, 0.3) is 0 Å². The highest BCUT2D eigenvalue weighted by molar-refractivity contribution is 5.81. The van der Waals surface area contributed by atoms with Gasteiger partial charge in [0, 0.05) is 11.8 Å². The molecule has 2 N–H and O–H groups in total. The smallest absolute Gasteiger partial charge is 0.221 e. The van der Waals surface area contributed by atoms with Crippen molar-refractivity contribution in [1.29, 1.82) is 0 Å². The number of carbonyl (C=O) groups excluding carboxylic acids is 1. The number of benzene rings is 2. The summed E-state index contributed by atoms with van der Waals surface area (Å²) in [7, 11) is 0. The minimum Gasteiger partial charge on any atom is -0.388 e. The second-order valence-corrected chi connectivity index (χ2v) is 6.24. The molecule has 22 heavy (non-hydrogen) atoms. The number of rotatable bonds is 1. The van der Waals surface area contributed by atoms with Gasteiger partial charge in [0.05, 0.1) is 12.1 Å². The molecule has 112 valence electrons. The third kappa shape index (κ3) is 1.80. The van der Waals surface area contributed by atoms with Gasteiger partial charge in [0.2, 0.25) is 5.91 Å². The average Bonchev–Trinajstić information content (AvgIpc) is 2.99. The van der Waals surface area contributed by atoms with Crippen molar-refractivity contribution in [2.45, 2.75) is 25.0 Å². The van der Waals surface area contributed by atoms with Gasteiger partial charge in [-0.05, 0) is 35.2 Å². The number of fused-ring (bicyclic) bond motifs is 1. The average molecular weight is 297 g/mol. The number of carbonyl (C=O) groups is 1. The molecule has 4 rings (SSSR count). The summed E-state index contributed by atoms with van der Waals surface area (Å²) >= 11 is 0. The number of amides is 1. The van der Waals surface area contributed by atoms with Gasteiger partial charge in [-0.25, -0.2) is 4.39 Å². The van der Waals surface area contributed by atoms with Crippen molar-refractivity contribution in [2.75, 3.05) is 0 Å². The molecule has 2 aliphatic rings. The number of halogens is 1. The Morgan fingerprint density at radius 2 is 1.82 bits per heavy atom. The van der Waals surface area contributed by atoms with E-state index in [1.807, 2.05) is 24.3 Å². The Balaban J connectivity index is 1.80. The maximum Gasteiger partial charge on any atom is 0.221 e. The van der Waals surface area contributed by atoms with Crippen molar-refractivity contribution < 1.29 is 14.3 Å². The summed E-state index contributed by atoms with van der Waals surface area (Å²) in [4.78, 5) is 12.1. The SMILES string of the molecule is O=C1C[C@@]2(Cc3ccccc3[C@H]2O)[C@H](c2ccc(F)cc2)N1. The topological polar surface area (TPSA) is 49.3 Å². The number of hydrogen-bond donors (Lipinski definition) is 2. The zero-order chi connectivity index (χ0) is 15.3. The van der Waals surface area contributed by atoms with Crippen LogP contribution in [0.2, 0.25) is 0 Å². The van der Waals surface area contributed by atoms with Crippen molar-refractivity contribution in [1.82, 2.24) is 5.32 Å². The highest BCUT2D eigenvalue weighted by Crippen LogP contribution is 2.57. The third-order valence-electron chi connectivity index (χ3n) is 4.99. The molecule has 1 spiro atoms. The van der Waals surface area contributed by atoms with Crippen LogP contribution in [-0.4, -0.2) is 11.0 Å². The van der Waals surface area contributed by atoms with Gasteiger partial charge in [-0.1, -0.05) is 36.4 Å². The van der Waals surface area contributed by atoms with E-state index in [2.05, 4.69) is 5.32 Å². The van der Waals surface area contributed by atoms with E-state index in [9.17, 15) is 14.3 Å². The van der Waals surface area contributed by atoms with Crippen molar-refractivity contribution >= 4 is 5.91 Å². The van der Waals surface area contributed by atoms with E-state index in [1.165, 1.54) is 12.1 Å². The molecule has 2 aromatic rings. The lowest BCUT2D eigenvalue weighted by atomic mass is 9.73. The molecule has 1 amide bonds. The van der Waals surface area contributed by atoms with E-state index in [-0.39, 0.29) is 24.2 Å². The van der Waals surface area contributed by atoms with E-state index in [0.29, 0.717) is 6.42 Å².